The summed E-state index contributed by atoms with van der Waals surface area (Å²) in [6.45, 7) is 0.194. The first-order valence-corrected chi connectivity index (χ1v) is 6.29. The Hall–Kier alpha value is -2.40. The molecule has 0 radical (unpaired) electrons. The van der Waals surface area contributed by atoms with Gasteiger partial charge in [-0.25, -0.2) is 4.79 Å². The van der Waals surface area contributed by atoms with Crippen LogP contribution in [0.1, 0.15) is 6.42 Å². The number of hydrogen-bond acceptors (Lipinski definition) is 3. The monoisotopic (exact) mass is 271 g/mol. The predicted octanol–water partition coefficient (Wildman–Crippen LogP) is 1.39. The molecule has 0 spiro atoms. The van der Waals surface area contributed by atoms with Gasteiger partial charge in [0.2, 0.25) is 5.60 Å². The average molecular weight is 271 g/mol. The highest BCUT2D eigenvalue weighted by atomic mass is 16.4. The van der Waals surface area contributed by atoms with Crippen molar-refractivity contribution >= 4 is 28.3 Å². The third-order valence-corrected chi connectivity index (χ3v) is 3.69. The fourth-order valence-electron chi connectivity index (χ4n) is 2.49. The lowest BCUT2D eigenvalue weighted by atomic mass is 10.0. The van der Waals surface area contributed by atoms with Gasteiger partial charge in [0.15, 0.2) is 0 Å². The van der Waals surface area contributed by atoms with Crippen molar-refractivity contribution in [3.63, 3.8) is 0 Å². The Morgan fingerprint density at radius 3 is 2.50 bits per heavy atom. The van der Waals surface area contributed by atoms with Gasteiger partial charge in [-0.15, -0.1) is 0 Å². The molecule has 1 fully saturated rings. The van der Waals surface area contributed by atoms with Crippen molar-refractivity contribution in [3.05, 3.63) is 42.5 Å². The lowest BCUT2D eigenvalue weighted by molar-refractivity contribution is -0.162. The SMILES string of the molecule is O=C(O)[C@]1(O)CCN(c2ccc3ccccc3c2)C1=O. The van der Waals surface area contributed by atoms with E-state index in [2.05, 4.69) is 0 Å². The number of carboxylic acid groups (broad SMARTS) is 1. The molecule has 5 nitrogen and oxygen atoms in total. The molecule has 0 saturated carbocycles. The number of benzene rings is 2. The molecule has 1 atom stereocenters. The van der Waals surface area contributed by atoms with Gasteiger partial charge in [0, 0.05) is 18.7 Å². The van der Waals surface area contributed by atoms with E-state index in [1.54, 1.807) is 6.07 Å². The first-order chi connectivity index (χ1) is 9.52. The zero-order valence-corrected chi connectivity index (χ0v) is 10.6. The van der Waals surface area contributed by atoms with Crippen LogP contribution in [0, 0.1) is 0 Å². The standard InChI is InChI=1S/C15H13NO4/c17-13-15(20,14(18)19)7-8-16(13)12-6-5-10-3-1-2-4-11(10)9-12/h1-6,9,20H,7-8H2,(H,18,19)/t15-/m0/s1. The number of amides is 1. The first kappa shape index (κ1) is 12.6. The Kier molecular flexibility index (Phi) is 2.72. The summed E-state index contributed by atoms with van der Waals surface area (Å²) >= 11 is 0. The molecule has 2 N–H and O–H groups in total. The number of carbonyl (C=O) groups excluding carboxylic acids is 1. The van der Waals surface area contributed by atoms with Crippen LogP contribution in [0.4, 0.5) is 5.69 Å². The fourth-order valence-corrected chi connectivity index (χ4v) is 2.49. The van der Waals surface area contributed by atoms with Crippen LogP contribution in [0.5, 0.6) is 0 Å². The Bertz CT molecular complexity index is 712. The summed E-state index contributed by atoms with van der Waals surface area (Å²) in [5.74, 6) is -2.27. The number of aliphatic carboxylic acids is 1. The van der Waals surface area contributed by atoms with Gasteiger partial charge in [-0.05, 0) is 22.9 Å². The van der Waals surface area contributed by atoms with Crippen LogP contribution in [0.3, 0.4) is 0 Å². The Labute approximate surface area is 115 Å². The van der Waals surface area contributed by atoms with E-state index >= 15 is 0 Å². The molecule has 1 aliphatic rings. The molecule has 0 aromatic heterocycles. The zero-order chi connectivity index (χ0) is 14.3. The van der Waals surface area contributed by atoms with Crippen molar-refractivity contribution in [1.82, 2.24) is 0 Å². The minimum atomic E-state index is -2.30. The van der Waals surface area contributed by atoms with Crippen molar-refractivity contribution in [1.29, 1.82) is 0 Å². The second kappa shape index (κ2) is 4.31. The van der Waals surface area contributed by atoms with Gasteiger partial charge < -0.3 is 15.1 Å². The molecule has 1 amide bonds. The van der Waals surface area contributed by atoms with E-state index in [1.165, 1.54) is 4.90 Å². The number of carbonyl (C=O) groups is 2. The van der Waals surface area contributed by atoms with E-state index in [0.29, 0.717) is 5.69 Å². The van der Waals surface area contributed by atoms with Crippen LogP contribution < -0.4 is 4.90 Å². The largest absolute Gasteiger partial charge is 0.479 e. The summed E-state index contributed by atoms with van der Waals surface area (Å²) in [7, 11) is 0. The van der Waals surface area contributed by atoms with Gasteiger partial charge in [-0.3, -0.25) is 4.79 Å². The van der Waals surface area contributed by atoms with Crippen LogP contribution in [0.2, 0.25) is 0 Å². The van der Waals surface area contributed by atoms with Gasteiger partial charge in [-0.1, -0.05) is 30.3 Å². The minimum absolute atomic E-state index is 0.103. The number of nitrogens with zero attached hydrogens (tertiary/aromatic N) is 1. The van der Waals surface area contributed by atoms with Crippen LogP contribution in [-0.4, -0.2) is 34.2 Å². The second-order valence-electron chi connectivity index (χ2n) is 4.90. The molecule has 0 unspecified atom stereocenters. The summed E-state index contributed by atoms with van der Waals surface area (Å²) in [4.78, 5) is 24.4. The molecule has 1 aliphatic heterocycles. The molecule has 5 heteroatoms. The third kappa shape index (κ3) is 1.75. The van der Waals surface area contributed by atoms with Crippen LogP contribution >= 0.6 is 0 Å². The van der Waals surface area contributed by atoms with Gasteiger partial charge in [0.1, 0.15) is 0 Å². The van der Waals surface area contributed by atoms with Crippen molar-refractivity contribution in [3.8, 4) is 0 Å². The summed E-state index contributed by atoms with van der Waals surface area (Å²) in [6.07, 6.45) is -0.103. The highest BCUT2D eigenvalue weighted by molar-refractivity contribution is 6.14. The number of carboxylic acids is 1. The minimum Gasteiger partial charge on any atom is -0.479 e. The maximum absolute atomic E-state index is 12.1. The highest BCUT2D eigenvalue weighted by Crippen LogP contribution is 2.30. The summed E-state index contributed by atoms with van der Waals surface area (Å²) in [6, 6.07) is 13.1. The molecule has 0 bridgehead atoms. The lowest BCUT2D eigenvalue weighted by Gasteiger charge is -2.19. The summed E-state index contributed by atoms with van der Waals surface area (Å²) < 4.78 is 0. The van der Waals surface area contributed by atoms with Crippen LogP contribution in [-0.2, 0) is 9.59 Å². The lowest BCUT2D eigenvalue weighted by Crippen LogP contribution is -2.46. The molecule has 2 aromatic rings. The van der Waals surface area contributed by atoms with Crippen LogP contribution in [0.25, 0.3) is 10.8 Å². The Morgan fingerprint density at radius 1 is 1.15 bits per heavy atom. The maximum atomic E-state index is 12.1. The number of rotatable bonds is 2. The number of anilines is 1. The molecule has 1 heterocycles. The van der Waals surface area contributed by atoms with Crippen molar-refractivity contribution in [2.24, 2.45) is 0 Å². The van der Waals surface area contributed by atoms with E-state index < -0.39 is 17.5 Å². The molecule has 102 valence electrons. The molecule has 3 rings (SSSR count). The Balaban J connectivity index is 2.00. The number of fused-ring (bicyclic) bond motifs is 1. The van der Waals surface area contributed by atoms with Crippen molar-refractivity contribution in [2.45, 2.75) is 12.0 Å². The first-order valence-electron chi connectivity index (χ1n) is 6.29. The maximum Gasteiger partial charge on any atom is 0.345 e. The van der Waals surface area contributed by atoms with E-state index in [-0.39, 0.29) is 13.0 Å². The topological polar surface area (TPSA) is 77.8 Å². The van der Waals surface area contributed by atoms with Gasteiger partial charge in [0.25, 0.3) is 5.91 Å². The molecule has 0 aliphatic carbocycles. The predicted molar refractivity (Wildman–Crippen MR) is 73.5 cm³/mol. The smallest absolute Gasteiger partial charge is 0.345 e. The number of aliphatic hydroxyl groups is 1. The van der Waals surface area contributed by atoms with Crippen molar-refractivity contribution < 1.29 is 19.8 Å². The quantitative estimate of drug-likeness (QED) is 0.809. The number of hydrogen-bond donors (Lipinski definition) is 2. The zero-order valence-electron chi connectivity index (χ0n) is 10.6. The van der Waals surface area contributed by atoms with Gasteiger partial charge in [0.05, 0.1) is 0 Å². The fraction of sp³-hybridized carbons (Fsp3) is 0.200. The second-order valence-corrected chi connectivity index (χ2v) is 4.90. The molecular formula is C15H13NO4. The summed E-state index contributed by atoms with van der Waals surface area (Å²) in [5.41, 5.74) is -1.70. The molecule has 1 saturated heterocycles. The average Bonchev–Trinajstić information content (AvgIpc) is 2.76. The molecule has 2 aromatic carbocycles. The highest BCUT2D eigenvalue weighted by Gasteiger charge is 2.52. The normalized spacial score (nSPS) is 22.4. The van der Waals surface area contributed by atoms with Gasteiger partial charge in [-0.2, -0.15) is 0 Å². The van der Waals surface area contributed by atoms with E-state index in [1.807, 2.05) is 36.4 Å². The van der Waals surface area contributed by atoms with Crippen LogP contribution in [0.15, 0.2) is 42.5 Å². The van der Waals surface area contributed by atoms with E-state index in [0.717, 1.165) is 10.8 Å². The molecule has 20 heavy (non-hydrogen) atoms. The van der Waals surface area contributed by atoms with E-state index in [4.69, 9.17) is 5.11 Å². The van der Waals surface area contributed by atoms with Crippen molar-refractivity contribution in [2.75, 3.05) is 11.4 Å². The van der Waals surface area contributed by atoms with Gasteiger partial charge >= 0.3 is 5.97 Å². The molecular weight excluding hydrogens is 258 g/mol. The van der Waals surface area contributed by atoms with E-state index in [9.17, 15) is 14.7 Å². The summed E-state index contributed by atoms with van der Waals surface area (Å²) in [5, 5.41) is 20.9. The third-order valence-electron chi connectivity index (χ3n) is 3.69. The Morgan fingerprint density at radius 2 is 1.85 bits per heavy atom.